The lowest BCUT2D eigenvalue weighted by Crippen LogP contribution is -2.18. The molecule has 0 aliphatic rings. The molecule has 11 heteroatoms. The van der Waals surface area contributed by atoms with Gasteiger partial charge in [0.15, 0.2) is 0 Å². The van der Waals surface area contributed by atoms with Crippen LogP contribution < -0.4 is 16.6 Å². The van der Waals surface area contributed by atoms with Crippen molar-refractivity contribution in [2.24, 2.45) is 5.84 Å². The molecule has 0 aliphatic heterocycles. The summed E-state index contributed by atoms with van der Waals surface area (Å²) in [6, 6.07) is 1.06. The number of rotatable bonds is 5. The quantitative estimate of drug-likeness (QED) is 0.337. The molecular formula is C9H11F6N5. The maximum absolute atomic E-state index is 12.5. The number of nitrogens with zero attached hydrogens (tertiary/aromatic N) is 2. The first-order valence-electron chi connectivity index (χ1n) is 5.35. The van der Waals surface area contributed by atoms with Gasteiger partial charge >= 0.3 is 12.4 Å². The summed E-state index contributed by atoms with van der Waals surface area (Å²) in [7, 11) is 0. The van der Waals surface area contributed by atoms with Gasteiger partial charge in [-0.1, -0.05) is 0 Å². The van der Waals surface area contributed by atoms with E-state index in [0.29, 0.717) is 0 Å². The molecule has 1 aromatic rings. The van der Waals surface area contributed by atoms with E-state index in [0.717, 1.165) is 6.07 Å². The number of aromatic nitrogens is 2. The van der Waals surface area contributed by atoms with E-state index in [-0.39, 0.29) is 24.6 Å². The number of anilines is 2. The second kappa shape index (κ2) is 6.11. The van der Waals surface area contributed by atoms with E-state index >= 15 is 0 Å². The van der Waals surface area contributed by atoms with E-state index < -0.39 is 24.6 Å². The van der Waals surface area contributed by atoms with Crippen LogP contribution in [0.15, 0.2) is 6.07 Å². The molecule has 0 unspecified atom stereocenters. The van der Waals surface area contributed by atoms with Crippen LogP contribution in [0.2, 0.25) is 0 Å². The van der Waals surface area contributed by atoms with E-state index in [1.807, 2.05) is 5.43 Å². The Balaban J connectivity index is 2.70. The summed E-state index contributed by atoms with van der Waals surface area (Å²) in [5.74, 6) is 2.96. The van der Waals surface area contributed by atoms with E-state index in [1.165, 1.54) is 0 Å². The van der Waals surface area contributed by atoms with Gasteiger partial charge in [0.05, 0.1) is 0 Å². The predicted molar refractivity (Wildman–Crippen MR) is 58.6 cm³/mol. The summed E-state index contributed by atoms with van der Waals surface area (Å²) >= 11 is 0. The topological polar surface area (TPSA) is 75.9 Å². The zero-order valence-electron chi connectivity index (χ0n) is 9.94. The highest BCUT2D eigenvalue weighted by atomic mass is 19.4. The average molecular weight is 303 g/mol. The Kier molecular flexibility index (Phi) is 4.98. The van der Waals surface area contributed by atoms with E-state index in [2.05, 4.69) is 15.3 Å². The van der Waals surface area contributed by atoms with Crippen LogP contribution in [0.4, 0.5) is 38.0 Å². The van der Waals surface area contributed by atoms with Gasteiger partial charge in [0.2, 0.25) is 5.82 Å². The molecule has 0 aliphatic carbocycles. The molecule has 1 rings (SSSR count). The van der Waals surface area contributed by atoms with Gasteiger partial charge in [0.1, 0.15) is 11.6 Å². The summed E-state index contributed by atoms with van der Waals surface area (Å²) in [6.45, 7) is -0.183. The van der Waals surface area contributed by atoms with Crippen LogP contribution >= 0.6 is 0 Å². The molecule has 0 spiro atoms. The number of alkyl halides is 6. The molecule has 0 aromatic carbocycles. The Hall–Kier alpha value is -1.78. The first-order chi connectivity index (χ1) is 9.12. The van der Waals surface area contributed by atoms with Crippen molar-refractivity contribution in [2.75, 3.05) is 17.3 Å². The normalized spacial score (nSPS) is 12.3. The molecule has 0 saturated carbocycles. The van der Waals surface area contributed by atoms with E-state index in [4.69, 9.17) is 5.84 Å². The van der Waals surface area contributed by atoms with Gasteiger partial charge in [0, 0.05) is 19.0 Å². The Morgan fingerprint density at radius 3 is 2.15 bits per heavy atom. The number of halogens is 6. The Labute approximate surface area is 109 Å². The van der Waals surface area contributed by atoms with Gasteiger partial charge in [-0.15, -0.1) is 0 Å². The van der Waals surface area contributed by atoms with Gasteiger partial charge < -0.3 is 10.7 Å². The molecule has 0 atom stereocenters. The van der Waals surface area contributed by atoms with Crippen LogP contribution in [0.5, 0.6) is 0 Å². The molecule has 0 radical (unpaired) electrons. The Morgan fingerprint density at radius 2 is 1.65 bits per heavy atom. The zero-order valence-corrected chi connectivity index (χ0v) is 9.94. The fourth-order valence-corrected chi connectivity index (χ4v) is 1.24. The van der Waals surface area contributed by atoms with Crippen LogP contribution in [0.25, 0.3) is 0 Å². The summed E-state index contributed by atoms with van der Waals surface area (Å²) < 4.78 is 73.1. The number of nitrogens with one attached hydrogen (secondary N) is 2. The Bertz CT molecular complexity index is 443. The molecule has 0 bridgehead atoms. The first-order valence-corrected chi connectivity index (χ1v) is 5.35. The lowest BCUT2D eigenvalue weighted by atomic mass is 10.3. The first kappa shape index (κ1) is 16.3. The van der Waals surface area contributed by atoms with Gasteiger partial charge in [-0.3, -0.25) is 0 Å². The van der Waals surface area contributed by atoms with Crippen molar-refractivity contribution in [3.63, 3.8) is 0 Å². The van der Waals surface area contributed by atoms with Crippen molar-refractivity contribution >= 4 is 11.6 Å². The molecular weight excluding hydrogens is 292 g/mol. The van der Waals surface area contributed by atoms with Crippen LogP contribution in [0, 0.1) is 0 Å². The zero-order chi connectivity index (χ0) is 15.4. The van der Waals surface area contributed by atoms with Crippen LogP contribution in [0.3, 0.4) is 0 Å². The molecule has 5 nitrogen and oxygen atoms in total. The highest BCUT2D eigenvalue weighted by molar-refractivity contribution is 5.47. The SMILES string of the molecule is NNc1cc(NCCCC(F)(F)F)nc(C(F)(F)F)n1. The summed E-state index contributed by atoms with van der Waals surface area (Å²) in [5, 5.41) is 2.36. The fourth-order valence-electron chi connectivity index (χ4n) is 1.24. The van der Waals surface area contributed by atoms with Gasteiger partial charge in [-0.05, 0) is 6.42 Å². The Morgan fingerprint density at radius 1 is 1.05 bits per heavy atom. The van der Waals surface area contributed by atoms with Gasteiger partial charge in [-0.2, -0.15) is 26.3 Å². The molecule has 0 amide bonds. The van der Waals surface area contributed by atoms with Crippen molar-refractivity contribution < 1.29 is 26.3 Å². The third-order valence-electron chi connectivity index (χ3n) is 2.07. The minimum Gasteiger partial charge on any atom is -0.370 e. The number of hydrazine groups is 1. The average Bonchev–Trinajstić information content (AvgIpc) is 2.32. The van der Waals surface area contributed by atoms with Crippen LogP contribution in [-0.4, -0.2) is 22.7 Å². The maximum Gasteiger partial charge on any atom is 0.451 e. The van der Waals surface area contributed by atoms with Crippen LogP contribution in [-0.2, 0) is 6.18 Å². The number of hydrogen-bond acceptors (Lipinski definition) is 5. The summed E-state index contributed by atoms with van der Waals surface area (Å²) in [5.41, 5.74) is 1.92. The summed E-state index contributed by atoms with van der Waals surface area (Å²) in [6.07, 6.45) is -10.4. The number of hydrogen-bond donors (Lipinski definition) is 3. The molecule has 20 heavy (non-hydrogen) atoms. The largest absolute Gasteiger partial charge is 0.451 e. The minimum atomic E-state index is -4.78. The highest BCUT2D eigenvalue weighted by Gasteiger charge is 2.35. The third-order valence-corrected chi connectivity index (χ3v) is 2.07. The van der Waals surface area contributed by atoms with Crippen molar-refractivity contribution in [1.82, 2.24) is 9.97 Å². The third kappa shape index (κ3) is 5.47. The second-order valence-electron chi connectivity index (χ2n) is 3.75. The van der Waals surface area contributed by atoms with E-state index in [1.54, 1.807) is 0 Å². The molecule has 1 aromatic heterocycles. The lowest BCUT2D eigenvalue weighted by Gasteiger charge is -2.11. The highest BCUT2D eigenvalue weighted by Crippen LogP contribution is 2.28. The number of nitrogens with two attached hydrogens (primary N) is 1. The monoisotopic (exact) mass is 303 g/mol. The molecule has 0 saturated heterocycles. The van der Waals surface area contributed by atoms with Crippen molar-refractivity contribution in [1.29, 1.82) is 0 Å². The second-order valence-corrected chi connectivity index (χ2v) is 3.75. The number of nitrogen functional groups attached to an aromatic ring is 1. The standard InChI is InChI=1S/C9H11F6N5/c10-8(11,12)2-1-3-17-5-4-6(20-16)19-7(18-5)9(13,14)15/h4H,1-3,16H2,(H2,17,18,19,20). The molecule has 0 fully saturated rings. The minimum absolute atomic E-state index is 0.183. The molecule has 1 heterocycles. The molecule has 114 valence electrons. The van der Waals surface area contributed by atoms with Crippen molar-refractivity contribution in [3.05, 3.63) is 11.9 Å². The summed E-state index contributed by atoms with van der Waals surface area (Å²) in [4.78, 5) is 6.26. The predicted octanol–water partition coefficient (Wildman–Crippen LogP) is 2.54. The lowest BCUT2D eigenvalue weighted by molar-refractivity contribution is -0.144. The van der Waals surface area contributed by atoms with Gasteiger partial charge in [0.25, 0.3) is 0 Å². The molecule has 4 N–H and O–H groups in total. The van der Waals surface area contributed by atoms with Gasteiger partial charge in [-0.25, -0.2) is 15.8 Å². The van der Waals surface area contributed by atoms with Crippen LogP contribution in [0.1, 0.15) is 18.7 Å². The maximum atomic E-state index is 12.5. The fraction of sp³-hybridized carbons (Fsp3) is 0.556. The van der Waals surface area contributed by atoms with E-state index in [9.17, 15) is 26.3 Å². The van der Waals surface area contributed by atoms with Crippen molar-refractivity contribution in [2.45, 2.75) is 25.2 Å². The van der Waals surface area contributed by atoms with Crippen molar-refractivity contribution in [3.8, 4) is 0 Å². The smallest absolute Gasteiger partial charge is 0.370 e.